The quantitative estimate of drug-likeness (QED) is 0.0649. The Morgan fingerprint density at radius 3 is 2.33 bits per heavy atom. The van der Waals surface area contributed by atoms with Crippen molar-refractivity contribution < 1.29 is 61.4 Å². The maximum absolute atomic E-state index is 12.4. The molecule has 0 aliphatic carbocycles. The van der Waals surface area contributed by atoms with Gasteiger partial charge in [0.1, 0.15) is 18.3 Å². The predicted molar refractivity (Wildman–Crippen MR) is 137 cm³/mol. The molecule has 3 heterocycles. The highest BCUT2D eigenvalue weighted by molar-refractivity contribution is 7.99. The van der Waals surface area contributed by atoms with Gasteiger partial charge in [-0.25, -0.2) is 18.7 Å². The zero-order valence-corrected chi connectivity index (χ0v) is 24.0. The van der Waals surface area contributed by atoms with Crippen LogP contribution in [0.4, 0.5) is 5.95 Å². The SMILES string of the molecule is NCCCCCCSc1nc2c(=O)[nH]c(N)nc2n1[C@@H]1O[C@H](COP(=O)(O)OP(=O)(O)OP(=O)(O)O)[C@@H](O)[C@H]1O. The number of ether oxygens (including phenoxy) is 1. The van der Waals surface area contributed by atoms with Crippen LogP contribution in [0.1, 0.15) is 31.9 Å². The smallest absolute Gasteiger partial charge is 0.387 e. The van der Waals surface area contributed by atoms with Crippen LogP contribution in [-0.2, 0) is 31.6 Å². The normalized spacial score (nSPS) is 24.8. The van der Waals surface area contributed by atoms with Gasteiger partial charge in [0.2, 0.25) is 5.95 Å². The van der Waals surface area contributed by atoms with Gasteiger partial charge < -0.3 is 46.0 Å². The average Bonchev–Trinajstić information content (AvgIpc) is 3.29. The third-order valence-corrected chi connectivity index (χ3v) is 10.1. The van der Waals surface area contributed by atoms with E-state index in [2.05, 4.69) is 28.1 Å². The van der Waals surface area contributed by atoms with Gasteiger partial charge >= 0.3 is 23.5 Å². The number of phosphoric acid groups is 3. The number of unbranched alkanes of at least 4 members (excludes halogenated alkanes) is 3. The number of nitrogen functional groups attached to an aromatic ring is 1. The van der Waals surface area contributed by atoms with Crippen LogP contribution < -0.4 is 17.0 Å². The molecule has 2 aromatic rings. The van der Waals surface area contributed by atoms with Crippen molar-refractivity contribution in [2.75, 3.05) is 24.6 Å². The standard InChI is InChI=1S/C16H29N6O14P3S/c17-5-3-1-2-4-6-40-16-19-9-12(20-15(18)21-13(9)25)22(16)14-11(24)10(23)8(34-14)7-33-38(29,30)36-39(31,32)35-37(26,27)28/h8,10-11,14,23-24H,1-7,17H2,(H,29,30)(H,31,32)(H2,26,27,28)(H3,18,20,21,25)/t8-,10-,11-,14-/m1/s1. The highest BCUT2D eigenvalue weighted by Gasteiger charge is 2.47. The first-order valence-electron chi connectivity index (χ1n) is 11.4. The van der Waals surface area contributed by atoms with Crippen LogP contribution in [0.2, 0.25) is 0 Å². The summed E-state index contributed by atoms with van der Waals surface area (Å²) < 4.78 is 52.9. The minimum absolute atomic E-state index is 0.0864. The minimum atomic E-state index is -5.77. The van der Waals surface area contributed by atoms with Crippen LogP contribution in [0.3, 0.4) is 0 Å². The van der Waals surface area contributed by atoms with E-state index in [0.29, 0.717) is 12.3 Å². The fourth-order valence-corrected chi connectivity index (χ4v) is 7.67. The zero-order valence-electron chi connectivity index (χ0n) is 20.5. The van der Waals surface area contributed by atoms with Crippen molar-refractivity contribution in [2.24, 2.45) is 5.73 Å². The molecule has 0 bridgehead atoms. The molecule has 2 unspecified atom stereocenters. The Morgan fingerprint density at radius 2 is 1.68 bits per heavy atom. The number of aliphatic hydroxyl groups excluding tert-OH is 2. The van der Waals surface area contributed by atoms with Crippen LogP contribution in [0.25, 0.3) is 11.2 Å². The lowest BCUT2D eigenvalue weighted by molar-refractivity contribution is -0.0540. The topological polar surface area (TPSA) is 325 Å². The maximum Gasteiger partial charge on any atom is 0.490 e. The molecule has 1 aliphatic heterocycles. The van der Waals surface area contributed by atoms with Gasteiger partial charge in [-0.3, -0.25) is 18.9 Å². The summed E-state index contributed by atoms with van der Waals surface area (Å²) in [6, 6.07) is 0. The van der Waals surface area contributed by atoms with E-state index in [4.69, 9.17) is 26.0 Å². The van der Waals surface area contributed by atoms with E-state index in [1.54, 1.807) is 0 Å². The molecule has 0 spiro atoms. The lowest BCUT2D eigenvalue weighted by Gasteiger charge is -2.20. The summed E-state index contributed by atoms with van der Waals surface area (Å²) in [5, 5.41) is 21.4. The van der Waals surface area contributed by atoms with E-state index in [-0.39, 0.29) is 22.3 Å². The van der Waals surface area contributed by atoms with Gasteiger partial charge in [-0.1, -0.05) is 24.6 Å². The van der Waals surface area contributed by atoms with E-state index in [0.717, 1.165) is 25.7 Å². The first-order valence-corrected chi connectivity index (χ1v) is 16.9. The number of fused-ring (bicyclic) bond motifs is 1. The van der Waals surface area contributed by atoms with Crippen LogP contribution in [0.5, 0.6) is 0 Å². The number of nitrogens with one attached hydrogen (secondary N) is 1. The molecule has 1 aliphatic rings. The number of aromatic amines is 1. The number of hydrogen-bond donors (Lipinski definition) is 9. The molecule has 0 saturated carbocycles. The minimum Gasteiger partial charge on any atom is -0.387 e. The average molecular weight is 654 g/mol. The van der Waals surface area contributed by atoms with Crippen LogP contribution >= 0.6 is 35.2 Å². The molecule has 0 radical (unpaired) electrons. The molecule has 228 valence electrons. The van der Waals surface area contributed by atoms with Gasteiger partial charge in [0, 0.05) is 5.75 Å². The van der Waals surface area contributed by atoms with Crippen molar-refractivity contribution in [3.05, 3.63) is 10.4 Å². The number of aromatic nitrogens is 4. The molecule has 1 fully saturated rings. The number of phosphoric ester groups is 1. The molecule has 3 rings (SSSR count). The van der Waals surface area contributed by atoms with Gasteiger partial charge in [0.05, 0.1) is 6.61 Å². The third kappa shape index (κ3) is 8.87. The van der Waals surface area contributed by atoms with Crippen molar-refractivity contribution in [3.63, 3.8) is 0 Å². The molecule has 20 nitrogen and oxygen atoms in total. The summed E-state index contributed by atoms with van der Waals surface area (Å²) in [5.41, 5.74) is 10.3. The fraction of sp³-hybridized carbons (Fsp3) is 0.688. The molecular formula is C16H29N6O14P3S. The summed E-state index contributed by atoms with van der Waals surface area (Å²) >= 11 is 1.21. The second-order valence-electron chi connectivity index (χ2n) is 8.37. The molecule has 0 amide bonds. The van der Waals surface area contributed by atoms with E-state index < -0.39 is 60.2 Å². The Balaban J connectivity index is 1.79. The van der Waals surface area contributed by atoms with Gasteiger partial charge in [0.25, 0.3) is 5.56 Å². The molecule has 6 atom stereocenters. The van der Waals surface area contributed by atoms with Gasteiger partial charge in [0.15, 0.2) is 22.5 Å². The molecule has 24 heteroatoms. The van der Waals surface area contributed by atoms with Crippen LogP contribution in [0, 0.1) is 0 Å². The van der Waals surface area contributed by atoms with E-state index in [1.165, 1.54) is 16.3 Å². The van der Waals surface area contributed by atoms with Crippen molar-refractivity contribution in [3.8, 4) is 0 Å². The largest absolute Gasteiger partial charge is 0.490 e. The first kappa shape index (κ1) is 33.3. The summed E-state index contributed by atoms with van der Waals surface area (Å²) in [4.78, 5) is 59.2. The lowest BCUT2D eigenvalue weighted by atomic mass is 10.1. The number of aliphatic hydroxyl groups is 2. The van der Waals surface area contributed by atoms with Crippen molar-refractivity contribution in [1.82, 2.24) is 19.5 Å². The van der Waals surface area contributed by atoms with Crippen molar-refractivity contribution in [2.45, 2.75) is 55.4 Å². The number of nitrogens with zero attached hydrogens (tertiary/aromatic N) is 3. The predicted octanol–water partition coefficient (Wildman–Crippen LogP) is -0.724. The van der Waals surface area contributed by atoms with Crippen LogP contribution in [-0.4, -0.2) is 86.5 Å². The molecule has 2 aromatic heterocycles. The fourth-order valence-electron chi connectivity index (χ4n) is 3.63. The lowest BCUT2D eigenvalue weighted by Crippen LogP contribution is -2.33. The number of imidazole rings is 1. The summed E-state index contributed by atoms with van der Waals surface area (Å²) in [5.74, 6) is 0.275. The van der Waals surface area contributed by atoms with E-state index >= 15 is 0 Å². The van der Waals surface area contributed by atoms with E-state index in [1.807, 2.05) is 0 Å². The Hall–Kier alpha value is -1.25. The van der Waals surface area contributed by atoms with Gasteiger partial charge in [-0.15, -0.1) is 0 Å². The monoisotopic (exact) mass is 654 g/mol. The molecule has 0 aromatic carbocycles. The highest BCUT2D eigenvalue weighted by atomic mass is 32.2. The number of hydrogen-bond acceptors (Lipinski definition) is 15. The number of thioether (sulfide) groups is 1. The Kier molecular flexibility index (Phi) is 11.1. The molecule has 40 heavy (non-hydrogen) atoms. The highest BCUT2D eigenvalue weighted by Crippen LogP contribution is 2.66. The maximum atomic E-state index is 12.4. The molecule has 11 N–H and O–H groups in total. The Labute approximate surface area is 229 Å². The number of nitrogens with two attached hydrogens (primary N) is 2. The second kappa shape index (κ2) is 13.4. The number of H-pyrrole nitrogens is 1. The Morgan fingerprint density at radius 1 is 1.00 bits per heavy atom. The molecular weight excluding hydrogens is 625 g/mol. The van der Waals surface area contributed by atoms with Gasteiger partial charge in [-0.2, -0.15) is 13.6 Å². The number of anilines is 1. The van der Waals surface area contributed by atoms with Crippen LogP contribution in [0.15, 0.2) is 9.95 Å². The third-order valence-electron chi connectivity index (χ3n) is 5.28. The van der Waals surface area contributed by atoms with E-state index in [9.17, 15) is 38.5 Å². The number of rotatable bonds is 15. The summed E-state index contributed by atoms with van der Waals surface area (Å²) in [7, 11) is -16.9. The Bertz CT molecular complexity index is 1390. The zero-order chi connectivity index (χ0) is 29.9. The summed E-state index contributed by atoms with van der Waals surface area (Å²) in [6.07, 6.45) is -3.10. The summed E-state index contributed by atoms with van der Waals surface area (Å²) in [6.45, 7) is -0.452. The second-order valence-corrected chi connectivity index (χ2v) is 13.9. The first-order chi connectivity index (χ1) is 18.5. The van der Waals surface area contributed by atoms with Crippen molar-refractivity contribution >= 4 is 52.3 Å². The van der Waals surface area contributed by atoms with Crippen molar-refractivity contribution in [1.29, 1.82) is 0 Å². The van der Waals surface area contributed by atoms with Gasteiger partial charge in [-0.05, 0) is 19.4 Å². The molecule has 1 saturated heterocycles.